The van der Waals surface area contributed by atoms with Gasteiger partial charge in [-0.2, -0.15) is 5.10 Å². The minimum atomic E-state index is -0.323. The normalized spacial score (nSPS) is 10.7. The molecule has 0 radical (unpaired) electrons. The van der Waals surface area contributed by atoms with Crippen molar-refractivity contribution < 1.29 is 13.9 Å². The predicted octanol–water partition coefficient (Wildman–Crippen LogP) is 3.13. The van der Waals surface area contributed by atoms with Crippen LogP contribution in [0.15, 0.2) is 47.6 Å². The zero-order valence-corrected chi connectivity index (χ0v) is 14.0. The molecule has 1 amide bonds. The summed E-state index contributed by atoms with van der Waals surface area (Å²) in [5.74, 6) is 0.209. The lowest BCUT2D eigenvalue weighted by molar-refractivity contribution is -0.120. The lowest BCUT2D eigenvalue weighted by atomic mass is 10.1. The molecule has 2 aromatic rings. The van der Waals surface area contributed by atoms with Crippen LogP contribution in [0.2, 0.25) is 0 Å². The van der Waals surface area contributed by atoms with E-state index in [0.717, 1.165) is 20.4 Å². The Morgan fingerprint density at radius 2 is 2.05 bits per heavy atom. The van der Waals surface area contributed by atoms with E-state index in [9.17, 15) is 9.18 Å². The highest BCUT2D eigenvalue weighted by molar-refractivity contribution is 14.1. The first-order chi connectivity index (χ1) is 10.6. The van der Waals surface area contributed by atoms with Gasteiger partial charge in [0.05, 0.1) is 23.3 Å². The van der Waals surface area contributed by atoms with Crippen LogP contribution < -0.4 is 10.2 Å². The van der Waals surface area contributed by atoms with Crippen LogP contribution in [0.25, 0.3) is 0 Å². The fourth-order valence-electron chi connectivity index (χ4n) is 1.77. The van der Waals surface area contributed by atoms with Gasteiger partial charge in [-0.1, -0.05) is 12.1 Å². The van der Waals surface area contributed by atoms with Gasteiger partial charge in [-0.25, -0.2) is 9.82 Å². The van der Waals surface area contributed by atoms with Crippen molar-refractivity contribution in [2.45, 2.75) is 6.42 Å². The number of amides is 1. The van der Waals surface area contributed by atoms with Crippen LogP contribution >= 0.6 is 22.6 Å². The Hall–Kier alpha value is -1.96. The van der Waals surface area contributed by atoms with Crippen molar-refractivity contribution >= 4 is 34.7 Å². The van der Waals surface area contributed by atoms with Crippen molar-refractivity contribution in [2.24, 2.45) is 5.10 Å². The molecule has 114 valence electrons. The topological polar surface area (TPSA) is 50.7 Å². The fraction of sp³-hybridized carbons (Fsp3) is 0.125. The quantitative estimate of drug-likeness (QED) is 0.466. The summed E-state index contributed by atoms with van der Waals surface area (Å²) >= 11 is 2.16. The number of halogens is 2. The van der Waals surface area contributed by atoms with Gasteiger partial charge >= 0.3 is 0 Å². The number of hydrazone groups is 1. The van der Waals surface area contributed by atoms with Crippen molar-refractivity contribution in [1.29, 1.82) is 0 Å². The largest absolute Gasteiger partial charge is 0.496 e. The minimum Gasteiger partial charge on any atom is -0.496 e. The van der Waals surface area contributed by atoms with E-state index in [-0.39, 0.29) is 18.1 Å². The average Bonchev–Trinajstić information content (AvgIpc) is 2.50. The van der Waals surface area contributed by atoms with E-state index in [4.69, 9.17) is 4.74 Å². The Labute approximate surface area is 141 Å². The Kier molecular flexibility index (Phi) is 5.88. The van der Waals surface area contributed by atoms with Crippen LogP contribution in [0.5, 0.6) is 5.75 Å². The smallest absolute Gasteiger partial charge is 0.244 e. The number of nitrogens with one attached hydrogen (secondary N) is 1. The molecule has 6 heteroatoms. The maximum Gasteiger partial charge on any atom is 0.244 e. The molecule has 0 atom stereocenters. The first-order valence-corrected chi connectivity index (χ1v) is 7.56. The highest BCUT2D eigenvalue weighted by Crippen LogP contribution is 2.20. The maximum atomic E-state index is 12.8. The van der Waals surface area contributed by atoms with Crippen LogP contribution in [0.1, 0.15) is 11.1 Å². The van der Waals surface area contributed by atoms with Gasteiger partial charge in [0.2, 0.25) is 5.91 Å². The van der Waals surface area contributed by atoms with Crippen molar-refractivity contribution in [2.75, 3.05) is 7.11 Å². The van der Waals surface area contributed by atoms with E-state index >= 15 is 0 Å². The second-order valence-electron chi connectivity index (χ2n) is 4.49. The molecular formula is C16H14FIN2O2. The zero-order valence-electron chi connectivity index (χ0n) is 11.8. The minimum absolute atomic E-state index is 0.151. The van der Waals surface area contributed by atoms with Crippen molar-refractivity contribution in [3.63, 3.8) is 0 Å². The number of ether oxygens (including phenoxy) is 1. The molecule has 0 saturated heterocycles. The number of nitrogens with zero attached hydrogens (tertiary/aromatic N) is 1. The van der Waals surface area contributed by atoms with Gasteiger partial charge in [0.25, 0.3) is 0 Å². The standard InChI is InChI=1S/C16H14FIN2O2/c1-22-15-7-4-12(8-14(15)18)10-19-20-16(21)9-11-2-5-13(17)6-3-11/h2-8,10H,9H2,1H3,(H,20,21)/b19-10+. The van der Waals surface area contributed by atoms with Gasteiger partial charge in [-0.3, -0.25) is 4.79 Å². The molecule has 0 aliphatic heterocycles. The predicted molar refractivity (Wildman–Crippen MR) is 91.6 cm³/mol. The fourth-order valence-corrected chi connectivity index (χ4v) is 2.53. The first kappa shape index (κ1) is 16.4. The van der Waals surface area contributed by atoms with Crippen LogP contribution in [0.4, 0.5) is 4.39 Å². The SMILES string of the molecule is COc1ccc(/C=N/NC(=O)Cc2ccc(F)cc2)cc1I. The van der Waals surface area contributed by atoms with Gasteiger partial charge in [-0.05, 0) is 64.0 Å². The molecule has 2 aromatic carbocycles. The van der Waals surface area contributed by atoms with Crippen molar-refractivity contribution in [3.8, 4) is 5.75 Å². The van der Waals surface area contributed by atoms with Gasteiger partial charge in [-0.15, -0.1) is 0 Å². The maximum absolute atomic E-state index is 12.8. The van der Waals surface area contributed by atoms with E-state index in [1.807, 2.05) is 18.2 Å². The number of carbonyl (C=O) groups excluding carboxylic acids is 1. The molecule has 0 aliphatic rings. The van der Waals surface area contributed by atoms with Crippen LogP contribution in [0, 0.1) is 9.39 Å². The molecule has 4 nitrogen and oxygen atoms in total. The van der Waals surface area contributed by atoms with Gasteiger partial charge < -0.3 is 4.74 Å². The number of methoxy groups -OCH3 is 1. The third-order valence-electron chi connectivity index (χ3n) is 2.86. The lowest BCUT2D eigenvalue weighted by Crippen LogP contribution is -2.19. The number of hydrogen-bond donors (Lipinski definition) is 1. The highest BCUT2D eigenvalue weighted by Gasteiger charge is 2.03. The second-order valence-corrected chi connectivity index (χ2v) is 5.65. The summed E-state index contributed by atoms with van der Waals surface area (Å²) in [4.78, 5) is 11.7. The summed E-state index contributed by atoms with van der Waals surface area (Å²) in [5.41, 5.74) is 4.03. The second kappa shape index (κ2) is 7.88. The van der Waals surface area contributed by atoms with Gasteiger partial charge in [0, 0.05) is 0 Å². The number of benzene rings is 2. The van der Waals surface area contributed by atoms with Crippen molar-refractivity contribution in [3.05, 3.63) is 63.0 Å². The van der Waals surface area contributed by atoms with E-state index in [1.54, 1.807) is 25.5 Å². The molecule has 0 unspecified atom stereocenters. The third-order valence-corrected chi connectivity index (χ3v) is 3.70. The monoisotopic (exact) mass is 412 g/mol. The molecule has 0 aliphatic carbocycles. The van der Waals surface area contributed by atoms with Gasteiger partial charge in [0.15, 0.2) is 0 Å². The summed E-state index contributed by atoms with van der Waals surface area (Å²) in [6, 6.07) is 11.4. The van der Waals surface area contributed by atoms with E-state index in [2.05, 4.69) is 33.1 Å². The van der Waals surface area contributed by atoms with E-state index in [1.165, 1.54) is 12.1 Å². The van der Waals surface area contributed by atoms with Gasteiger partial charge in [0.1, 0.15) is 11.6 Å². The van der Waals surface area contributed by atoms with E-state index in [0.29, 0.717) is 0 Å². The Morgan fingerprint density at radius 1 is 1.32 bits per heavy atom. The first-order valence-electron chi connectivity index (χ1n) is 6.48. The van der Waals surface area contributed by atoms with Crippen LogP contribution in [-0.4, -0.2) is 19.2 Å². The summed E-state index contributed by atoms with van der Waals surface area (Å²) in [6.45, 7) is 0. The summed E-state index contributed by atoms with van der Waals surface area (Å²) < 4.78 is 18.9. The molecular weight excluding hydrogens is 398 g/mol. The van der Waals surface area contributed by atoms with Crippen LogP contribution in [-0.2, 0) is 11.2 Å². The van der Waals surface area contributed by atoms with E-state index < -0.39 is 0 Å². The average molecular weight is 412 g/mol. The number of hydrogen-bond acceptors (Lipinski definition) is 3. The summed E-state index contributed by atoms with van der Waals surface area (Å²) in [6.07, 6.45) is 1.71. The molecule has 0 saturated carbocycles. The van der Waals surface area contributed by atoms with Crippen molar-refractivity contribution in [1.82, 2.24) is 5.43 Å². The molecule has 0 fully saturated rings. The Bertz CT molecular complexity index is 687. The molecule has 22 heavy (non-hydrogen) atoms. The number of carbonyl (C=O) groups is 1. The highest BCUT2D eigenvalue weighted by atomic mass is 127. The molecule has 0 bridgehead atoms. The molecule has 0 heterocycles. The zero-order chi connectivity index (χ0) is 15.9. The third kappa shape index (κ3) is 4.80. The number of rotatable bonds is 5. The Balaban J connectivity index is 1.90. The molecule has 0 aromatic heterocycles. The summed E-state index contributed by atoms with van der Waals surface area (Å²) in [5, 5.41) is 3.91. The lowest BCUT2D eigenvalue weighted by Gasteiger charge is -2.03. The molecule has 1 N–H and O–H groups in total. The summed E-state index contributed by atoms with van der Waals surface area (Å²) in [7, 11) is 1.61. The molecule has 0 spiro atoms. The Morgan fingerprint density at radius 3 is 2.68 bits per heavy atom. The molecule has 2 rings (SSSR count). The van der Waals surface area contributed by atoms with Crippen LogP contribution in [0.3, 0.4) is 0 Å².